The van der Waals surface area contributed by atoms with Gasteiger partial charge < -0.3 is 14.8 Å². The Kier molecular flexibility index (Phi) is 5.35. The Morgan fingerprint density at radius 2 is 2.00 bits per heavy atom. The zero-order chi connectivity index (χ0) is 9.52. The smallest absolute Gasteiger partial charge is 0.0724 e. The third kappa shape index (κ3) is 3.63. The molecule has 2 atom stereocenters. The summed E-state index contributed by atoms with van der Waals surface area (Å²) in [5, 5.41) is 3.47. The molecule has 1 saturated carbocycles. The molecule has 0 aromatic rings. The molecule has 0 saturated heterocycles. The minimum atomic E-state index is 0.408. The van der Waals surface area contributed by atoms with E-state index in [4.69, 9.17) is 9.47 Å². The van der Waals surface area contributed by atoms with Crippen LogP contribution in [0, 0.1) is 0 Å². The van der Waals surface area contributed by atoms with Crippen LogP contribution in [0.4, 0.5) is 0 Å². The van der Waals surface area contributed by atoms with Crippen LogP contribution in [0.2, 0.25) is 0 Å². The highest BCUT2D eigenvalue weighted by atomic mass is 16.5. The van der Waals surface area contributed by atoms with Crippen molar-refractivity contribution in [1.29, 1.82) is 0 Å². The summed E-state index contributed by atoms with van der Waals surface area (Å²) < 4.78 is 10.4. The second-order valence-corrected chi connectivity index (χ2v) is 3.61. The Bertz CT molecular complexity index is 130. The van der Waals surface area contributed by atoms with Crippen LogP contribution in [0.1, 0.15) is 25.7 Å². The van der Waals surface area contributed by atoms with Gasteiger partial charge in [-0.1, -0.05) is 12.8 Å². The maximum absolute atomic E-state index is 5.43. The molecule has 0 bridgehead atoms. The van der Waals surface area contributed by atoms with Crippen molar-refractivity contribution in [3.05, 3.63) is 0 Å². The first-order valence-corrected chi connectivity index (χ1v) is 5.13. The first-order chi connectivity index (χ1) is 6.38. The Balaban J connectivity index is 2.19. The van der Waals surface area contributed by atoms with Crippen LogP contribution in [-0.4, -0.2) is 39.5 Å². The van der Waals surface area contributed by atoms with Gasteiger partial charge in [0.2, 0.25) is 0 Å². The molecule has 3 heteroatoms. The molecule has 0 aromatic carbocycles. The minimum absolute atomic E-state index is 0.408. The second-order valence-electron chi connectivity index (χ2n) is 3.61. The zero-order valence-electron chi connectivity index (χ0n) is 8.71. The van der Waals surface area contributed by atoms with Crippen molar-refractivity contribution < 1.29 is 9.47 Å². The van der Waals surface area contributed by atoms with E-state index < -0.39 is 0 Å². The molecular weight excluding hydrogens is 166 g/mol. The lowest BCUT2D eigenvalue weighted by atomic mass is 9.92. The Hall–Kier alpha value is -0.120. The van der Waals surface area contributed by atoms with E-state index in [0.717, 1.165) is 13.2 Å². The molecule has 0 radical (unpaired) electrons. The van der Waals surface area contributed by atoms with Crippen LogP contribution in [0.5, 0.6) is 0 Å². The molecule has 3 nitrogen and oxygen atoms in total. The van der Waals surface area contributed by atoms with Crippen LogP contribution >= 0.6 is 0 Å². The number of ether oxygens (including phenoxy) is 2. The van der Waals surface area contributed by atoms with Crippen LogP contribution in [0.15, 0.2) is 0 Å². The molecular formula is C10H21NO2. The Morgan fingerprint density at radius 3 is 2.69 bits per heavy atom. The van der Waals surface area contributed by atoms with Crippen LogP contribution < -0.4 is 5.32 Å². The van der Waals surface area contributed by atoms with E-state index in [1.165, 1.54) is 25.7 Å². The summed E-state index contributed by atoms with van der Waals surface area (Å²) in [5.41, 5.74) is 0. The fraction of sp³-hybridized carbons (Fsp3) is 1.00. The van der Waals surface area contributed by atoms with E-state index in [1.807, 2.05) is 0 Å². The van der Waals surface area contributed by atoms with Gasteiger partial charge in [-0.3, -0.25) is 0 Å². The van der Waals surface area contributed by atoms with Gasteiger partial charge in [0.1, 0.15) is 0 Å². The minimum Gasteiger partial charge on any atom is -0.383 e. The Labute approximate surface area is 80.8 Å². The van der Waals surface area contributed by atoms with Crippen molar-refractivity contribution in [3.8, 4) is 0 Å². The molecule has 2 unspecified atom stereocenters. The van der Waals surface area contributed by atoms with Crippen molar-refractivity contribution in [2.45, 2.75) is 37.8 Å². The summed E-state index contributed by atoms with van der Waals surface area (Å²) in [6, 6.07) is 0.536. The topological polar surface area (TPSA) is 30.5 Å². The fourth-order valence-corrected chi connectivity index (χ4v) is 1.96. The highest BCUT2D eigenvalue weighted by molar-refractivity contribution is 4.81. The summed E-state index contributed by atoms with van der Waals surface area (Å²) in [6.45, 7) is 1.72. The summed E-state index contributed by atoms with van der Waals surface area (Å²) >= 11 is 0. The average molecular weight is 187 g/mol. The third-order valence-electron chi connectivity index (χ3n) is 2.72. The van der Waals surface area contributed by atoms with Gasteiger partial charge in [-0.05, 0) is 12.8 Å². The van der Waals surface area contributed by atoms with E-state index in [0.29, 0.717) is 12.1 Å². The lowest BCUT2D eigenvalue weighted by molar-refractivity contribution is 0.0394. The standard InChI is InChI=1S/C10H21NO2/c1-12-8-7-11-9-5-3-4-6-10(9)13-2/h9-11H,3-8H2,1-2H3. The number of rotatable bonds is 5. The average Bonchev–Trinajstić information content (AvgIpc) is 2.19. The number of methoxy groups -OCH3 is 2. The third-order valence-corrected chi connectivity index (χ3v) is 2.72. The molecule has 78 valence electrons. The molecule has 0 amide bonds. The summed E-state index contributed by atoms with van der Waals surface area (Å²) in [5.74, 6) is 0. The summed E-state index contributed by atoms with van der Waals surface area (Å²) in [7, 11) is 3.54. The largest absolute Gasteiger partial charge is 0.383 e. The van der Waals surface area contributed by atoms with Crippen molar-refractivity contribution in [2.24, 2.45) is 0 Å². The van der Waals surface area contributed by atoms with Gasteiger partial charge >= 0.3 is 0 Å². The van der Waals surface area contributed by atoms with E-state index in [9.17, 15) is 0 Å². The highest BCUT2D eigenvalue weighted by Crippen LogP contribution is 2.20. The Morgan fingerprint density at radius 1 is 1.23 bits per heavy atom. The van der Waals surface area contributed by atoms with Crippen LogP contribution in [0.25, 0.3) is 0 Å². The number of hydrogen-bond acceptors (Lipinski definition) is 3. The van der Waals surface area contributed by atoms with Crippen LogP contribution in [0.3, 0.4) is 0 Å². The summed E-state index contributed by atoms with van der Waals surface area (Å²) in [6.07, 6.45) is 5.47. The van der Waals surface area contributed by atoms with Gasteiger partial charge in [0.05, 0.1) is 12.7 Å². The lowest BCUT2D eigenvalue weighted by Gasteiger charge is -2.31. The number of nitrogens with one attached hydrogen (secondary N) is 1. The fourth-order valence-electron chi connectivity index (χ4n) is 1.96. The second kappa shape index (κ2) is 6.35. The maximum atomic E-state index is 5.43. The van der Waals surface area contributed by atoms with Gasteiger partial charge in [0, 0.05) is 26.8 Å². The predicted molar refractivity (Wildman–Crippen MR) is 52.9 cm³/mol. The van der Waals surface area contributed by atoms with Crippen molar-refractivity contribution in [2.75, 3.05) is 27.4 Å². The molecule has 1 fully saturated rings. The highest BCUT2D eigenvalue weighted by Gasteiger charge is 2.23. The van der Waals surface area contributed by atoms with Crippen molar-refractivity contribution in [1.82, 2.24) is 5.32 Å². The molecule has 1 N–H and O–H groups in total. The SMILES string of the molecule is COCCNC1CCCCC1OC. The van der Waals surface area contributed by atoms with E-state index in [1.54, 1.807) is 14.2 Å². The molecule has 0 aromatic heterocycles. The van der Waals surface area contributed by atoms with Gasteiger partial charge in [0.25, 0.3) is 0 Å². The first-order valence-electron chi connectivity index (χ1n) is 5.13. The quantitative estimate of drug-likeness (QED) is 0.656. The van der Waals surface area contributed by atoms with Crippen LogP contribution in [-0.2, 0) is 9.47 Å². The van der Waals surface area contributed by atoms with E-state index in [-0.39, 0.29) is 0 Å². The maximum Gasteiger partial charge on any atom is 0.0724 e. The zero-order valence-corrected chi connectivity index (χ0v) is 8.71. The molecule has 1 rings (SSSR count). The summed E-state index contributed by atoms with van der Waals surface area (Å²) in [4.78, 5) is 0. The molecule has 13 heavy (non-hydrogen) atoms. The van der Waals surface area contributed by atoms with Crippen molar-refractivity contribution >= 4 is 0 Å². The van der Waals surface area contributed by atoms with E-state index in [2.05, 4.69) is 5.32 Å². The molecule has 0 heterocycles. The monoisotopic (exact) mass is 187 g/mol. The lowest BCUT2D eigenvalue weighted by Crippen LogP contribution is -2.44. The van der Waals surface area contributed by atoms with Crippen molar-refractivity contribution in [3.63, 3.8) is 0 Å². The first kappa shape index (κ1) is 11.0. The molecule has 1 aliphatic carbocycles. The molecule has 1 aliphatic rings. The predicted octanol–water partition coefficient (Wildman–Crippen LogP) is 1.18. The van der Waals surface area contributed by atoms with E-state index >= 15 is 0 Å². The normalized spacial score (nSPS) is 29.1. The van der Waals surface area contributed by atoms with Gasteiger partial charge in [-0.15, -0.1) is 0 Å². The van der Waals surface area contributed by atoms with Gasteiger partial charge in [-0.2, -0.15) is 0 Å². The number of hydrogen-bond donors (Lipinski definition) is 1. The molecule has 0 spiro atoms. The molecule has 0 aliphatic heterocycles. The van der Waals surface area contributed by atoms with Gasteiger partial charge in [-0.25, -0.2) is 0 Å². The van der Waals surface area contributed by atoms with Gasteiger partial charge in [0.15, 0.2) is 0 Å².